The lowest BCUT2D eigenvalue weighted by molar-refractivity contribution is -0.125. The number of fused-ring (bicyclic) bond motifs is 2. The summed E-state index contributed by atoms with van der Waals surface area (Å²) < 4.78 is 29.6. The summed E-state index contributed by atoms with van der Waals surface area (Å²) in [4.78, 5) is 54.1. The number of unbranched alkanes of at least 4 members (excludes halogenated alkanes) is 2. The zero-order valence-corrected chi connectivity index (χ0v) is 39.9. The van der Waals surface area contributed by atoms with Crippen molar-refractivity contribution < 1.29 is 38.1 Å². The normalized spacial score (nSPS) is 17.0. The largest absolute Gasteiger partial charge is 0.464 e. The average molecular weight is 935 g/mol. The summed E-state index contributed by atoms with van der Waals surface area (Å²) >= 11 is 1.85. The Balaban J connectivity index is 0.939. The molecule has 1 fully saturated rings. The van der Waals surface area contributed by atoms with Crippen molar-refractivity contribution >= 4 is 35.2 Å². The maximum Gasteiger partial charge on any atom is 0.356 e. The van der Waals surface area contributed by atoms with Gasteiger partial charge >= 0.3 is 5.97 Å². The molecule has 2 aromatic carbocycles. The number of hydrogen-bond donors (Lipinski definition) is 1. The lowest BCUT2D eigenvalue weighted by atomic mass is 10.0. The second-order valence-electron chi connectivity index (χ2n) is 16.5. The Morgan fingerprint density at radius 2 is 1.40 bits per heavy atom. The Morgan fingerprint density at radius 1 is 0.731 bits per heavy atom. The van der Waals surface area contributed by atoms with Crippen molar-refractivity contribution in [3.63, 3.8) is 0 Å². The molecule has 6 rings (SSSR count). The molecule has 0 radical (unpaired) electrons. The van der Waals surface area contributed by atoms with Gasteiger partial charge in [0.25, 0.3) is 0 Å². The van der Waals surface area contributed by atoms with Crippen molar-refractivity contribution in [2.45, 2.75) is 64.8 Å². The molecule has 0 unspecified atom stereocenters. The number of esters is 1. The molecule has 1 N–H and O–H groups in total. The first-order valence-corrected chi connectivity index (χ1v) is 24.6. The molecule has 4 heterocycles. The van der Waals surface area contributed by atoms with E-state index in [0.29, 0.717) is 85.5 Å². The first-order chi connectivity index (χ1) is 32.8. The number of pyridine rings is 2. The summed E-state index contributed by atoms with van der Waals surface area (Å²) in [6.45, 7) is 10.5. The number of amides is 2. The molecule has 358 valence electrons. The van der Waals surface area contributed by atoms with Crippen LogP contribution in [0.1, 0.15) is 76.4 Å². The van der Waals surface area contributed by atoms with E-state index in [9.17, 15) is 14.4 Å². The number of nitrogens with one attached hydrogen (secondary N) is 1. The van der Waals surface area contributed by atoms with Crippen LogP contribution in [0.4, 0.5) is 5.69 Å². The van der Waals surface area contributed by atoms with E-state index in [1.165, 1.54) is 7.11 Å². The number of benzene rings is 2. The topological polar surface area (TPSA) is 145 Å². The Hall–Kier alpha value is -5.18. The van der Waals surface area contributed by atoms with E-state index >= 15 is 0 Å². The van der Waals surface area contributed by atoms with Crippen molar-refractivity contribution in [1.82, 2.24) is 25.1 Å². The zero-order valence-electron chi connectivity index (χ0n) is 39.1. The molecule has 2 aliphatic rings. The number of rotatable bonds is 16. The SMILES string of the molecule is COC(=O)c1cccc(CN2CCOCCOCCN(Cc3cccc(C)n3)CCO[C@H](CSCCCCCNC(=O)CCC(=O)N3Cc4ccccc4C#Cc4ccccc43)COCC2)n1. The van der Waals surface area contributed by atoms with Gasteiger partial charge in [0.15, 0.2) is 0 Å². The van der Waals surface area contributed by atoms with Crippen LogP contribution in [0, 0.1) is 18.8 Å². The maximum absolute atomic E-state index is 13.6. The molecule has 14 nitrogen and oxygen atoms in total. The number of nitrogens with zero attached hydrogens (tertiary/aromatic N) is 5. The third-order valence-electron chi connectivity index (χ3n) is 11.3. The molecule has 0 saturated carbocycles. The van der Waals surface area contributed by atoms with Crippen molar-refractivity contribution in [3.05, 3.63) is 124 Å². The monoisotopic (exact) mass is 934 g/mol. The van der Waals surface area contributed by atoms with Crippen molar-refractivity contribution in [1.29, 1.82) is 0 Å². The number of para-hydroxylation sites is 1. The number of methoxy groups -OCH3 is 1. The first-order valence-electron chi connectivity index (χ1n) is 23.4. The van der Waals surface area contributed by atoms with Crippen LogP contribution in [0.15, 0.2) is 84.9 Å². The van der Waals surface area contributed by atoms with E-state index in [-0.39, 0.29) is 36.5 Å². The molecule has 4 aromatic rings. The number of hydrogen-bond acceptors (Lipinski definition) is 13. The Bertz CT molecular complexity index is 2240. The van der Waals surface area contributed by atoms with E-state index in [1.54, 1.807) is 11.0 Å². The predicted molar refractivity (Wildman–Crippen MR) is 261 cm³/mol. The van der Waals surface area contributed by atoms with E-state index in [1.807, 2.05) is 91.5 Å². The van der Waals surface area contributed by atoms with Crippen LogP contribution >= 0.6 is 11.8 Å². The highest BCUT2D eigenvalue weighted by Gasteiger charge is 2.22. The van der Waals surface area contributed by atoms with Crippen molar-refractivity contribution in [3.8, 4) is 11.8 Å². The Labute approximate surface area is 400 Å². The molecule has 67 heavy (non-hydrogen) atoms. The minimum atomic E-state index is -0.466. The highest BCUT2D eigenvalue weighted by atomic mass is 32.2. The molecule has 2 amide bonds. The van der Waals surface area contributed by atoms with E-state index < -0.39 is 5.97 Å². The number of aryl methyl sites for hydroxylation is 1. The first kappa shape index (κ1) is 51.2. The van der Waals surface area contributed by atoms with Crippen LogP contribution in [-0.2, 0) is 52.9 Å². The number of thioether (sulfide) groups is 1. The lowest BCUT2D eigenvalue weighted by Gasteiger charge is -2.26. The molecule has 1 saturated heterocycles. The van der Waals surface area contributed by atoms with Crippen LogP contribution in [0.3, 0.4) is 0 Å². The molecular formula is C52H66N6O8S. The average Bonchev–Trinajstić information content (AvgIpc) is 3.33. The van der Waals surface area contributed by atoms with Crippen LogP contribution in [-0.4, -0.2) is 141 Å². The Kier molecular flexibility index (Phi) is 22.1. The highest BCUT2D eigenvalue weighted by molar-refractivity contribution is 7.99. The molecule has 2 aromatic heterocycles. The quantitative estimate of drug-likeness (QED) is 0.0790. The fourth-order valence-electron chi connectivity index (χ4n) is 7.68. The standard InChI is InChI=1S/C52H66N6O8S/c1-41-12-10-16-45(54-41)37-57-26-30-64-34-33-63-29-25-56(38-46-17-11-18-48(55-46)52(61)62-2)27-31-65-39-47(66-32-28-57)40-67-35-9-3-8-24-53-50(59)22-23-51(60)58-36-44-15-5-4-13-42(44)20-21-43-14-6-7-19-49(43)58/h4-7,10-19,47H,3,8-9,22-40H2,1-2H3,(H,53,59)/t47-/m0/s1. The second kappa shape index (κ2) is 28.9. The number of carbonyl (C=O) groups excluding carboxylic acids is 3. The summed E-state index contributed by atoms with van der Waals surface area (Å²) in [7, 11) is 1.35. The van der Waals surface area contributed by atoms with Gasteiger partial charge in [0.2, 0.25) is 11.8 Å². The van der Waals surface area contributed by atoms with Gasteiger partial charge in [-0.3, -0.25) is 24.4 Å². The van der Waals surface area contributed by atoms with Gasteiger partial charge in [-0.1, -0.05) is 60.7 Å². The van der Waals surface area contributed by atoms with Gasteiger partial charge in [-0.15, -0.1) is 0 Å². The minimum Gasteiger partial charge on any atom is -0.464 e. The third kappa shape index (κ3) is 18.1. The molecular weight excluding hydrogens is 869 g/mol. The summed E-state index contributed by atoms with van der Waals surface area (Å²) in [5.41, 5.74) is 6.51. The summed E-state index contributed by atoms with van der Waals surface area (Å²) in [6.07, 6.45) is 2.98. The zero-order chi connectivity index (χ0) is 46.9. The molecule has 0 spiro atoms. The number of ether oxygens (including phenoxy) is 5. The maximum atomic E-state index is 13.6. The number of anilines is 1. The van der Waals surface area contributed by atoms with Crippen molar-refractivity contribution in [2.75, 3.05) is 102 Å². The van der Waals surface area contributed by atoms with E-state index in [2.05, 4.69) is 38.0 Å². The second-order valence-corrected chi connectivity index (χ2v) is 17.7. The van der Waals surface area contributed by atoms with Gasteiger partial charge in [0.1, 0.15) is 5.69 Å². The third-order valence-corrected chi connectivity index (χ3v) is 12.5. The molecule has 1 atom stereocenters. The van der Waals surface area contributed by atoms with Crippen LogP contribution in [0.5, 0.6) is 0 Å². The van der Waals surface area contributed by atoms with Gasteiger partial charge in [0, 0.05) is 81.2 Å². The van der Waals surface area contributed by atoms with E-state index in [0.717, 1.165) is 83.3 Å². The van der Waals surface area contributed by atoms with Crippen LogP contribution in [0.2, 0.25) is 0 Å². The lowest BCUT2D eigenvalue weighted by Crippen LogP contribution is -2.35. The van der Waals surface area contributed by atoms with Crippen molar-refractivity contribution in [2.24, 2.45) is 0 Å². The van der Waals surface area contributed by atoms with Gasteiger partial charge in [0.05, 0.1) is 83.1 Å². The highest BCUT2D eigenvalue weighted by Crippen LogP contribution is 2.26. The molecule has 0 aliphatic carbocycles. The molecule has 15 heteroatoms. The fourth-order valence-corrected chi connectivity index (χ4v) is 8.71. The van der Waals surface area contributed by atoms with Crippen LogP contribution in [0.25, 0.3) is 0 Å². The van der Waals surface area contributed by atoms with Gasteiger partial charge in [-0.05, 0) is 73.5 Å². The summed E-state index contributed by atoms with van der Waals surface area (Å²) in [5, 5.41) is 3.02. The van der Waals surface area contributed by atoms with Gasteiger partial charge < -0.3 is 33.9 Å². The molecule has 0 bridgehead atoms. The number of aromatic nitrogens is 2. The minimum absolute atomic E-state index is 0.0995. The van der Waals surface area contributed by atoms with Gasteiger partial charge in [-0.25, -0.2) is 9.78 Å². The fraction of sp³-hybridized carbons (Fsp3) is 0.481. The van der Waals surface area contributed by atoms with E-state index in [4.69, 9.17) is 28.7 Å². The van der Waals surface area contributed by atoms with Gasteiger partial charge in [-0.2, -0.15) is 11.8 Å². The Morgan fingerprint density at radius 3 is 2.16 bits per heavy atom. The van der Waals surface area contributed by atoms with Crippen LogP contribution < -0.4 is 10.2 Å². The molecule has 2 aliphatic heterocycles. The predicted octanol–water partition coefficient (Wildman–Crippen LogP) is 6.07. The smallest absolute Gasteiger partial charge is 0.356 e. The summed E-state index contributed by atoms with van der Waals surface area (Å²) in [5.74, 6) is 7.54. The summed E-state index contributed by atoms with van der Waals surface area (Å²) in [6, 6.07) is 27.0. The number of carbonyl (C=O) groups is 3.